The molecule has 0 unspecified atom stereocenters. The lowest BCUT2D eigenvalue weighted by Gasteiger charge is -2.36. The summed E-state index contributed by atoms with van der Waals surface area (Å²) in [5.74, 6) is 0.0249. The van der Waals surface area contributed by atoms with E-state index >= 15 is 0 Å². The van der Waals surface area contributed by atoms with Crippen LogP contribution in [0.3, 0.4) is 0 Å². The van der Waals surface area contributed by atoms with Crippen molar-refractivity contribution in [1.82, 2.24) is 9.80 Å². The molecule has 2 heterocycles. The zero-order valence-corrected chi connectivity index (χ0v) is 17.7. The maximum absolute atomic E-state index is 13.7. The number of carbonyl (C=O) groups is 2. The third-order valence-corrected chi connectivity index (χ3v) is 5.93. The zero-order chi connectivity index (χ0) is 21.3. The smallest absolute Gasteiger partial charge is 0.282 e. The lowest BCUT2D eigenvalue weighted by molar-refractivity contribution is -0.120. The number of ether oxygens (including phenoxy) is 1. The first-order valence-corrected chi connectivity index (χ1v) is 10.4. The summed E-state index contributed by atoms with van der Waals surface area (Å²) in [4.78, 5) is 33.0. The number of hydrogen-bond acceptors (Lipinski definition) is 5. The number of imide groups is 1. The molecular formula is C24H27N3O3. The summed E-state index contributed by atoms with van der Waals surface area (Å²) in [5, 5.41) is 0. The number of methoxy groups -OCH3 is 1. The number of amides is 2. The highest BCUT2D eigenvalue weighted by Crippen LogP contribution is 2.39. The van der Waals surface area contributed by atoms with Crippen LogP contribution in [0, 0.1) is 6.92 Å². The summed E-state index contributed by atoms with van der Waals surface area (Å²) in [7, 11) is 1.58. The molecule has 2 aliphatic rings. The van der Waals surface area contributed by atoms with Gasteiger partial charge in [0.05, 0.1) is 18.4 Å². The van der Waals surface area contributed by atoms with E-state index in [-0.39, 0.29) is 11.8 Å². The second-order valence-corrected chi connectivity index (χ2v) is 7.58. The molecular weight excluding hydrogens is 378 g/mol. The molecule has 1 fully saturated rings. The molecule has 0 spiro atoms. The standard InChI is InChI=1S/C24H27N3O3/c1-4-25-13-15-26(16-14-25)22-21(18-10-6-8-12-20(18)30-3)23(28)27(24(22)29)19-11-7-5-9-17(19)2/h5-12H,4,13-16H2,1-3H3. The van der Waals surface area contributed by atoms with E-state index in [2.05, 4.69) is 16.7 Å². The molecule has 30 heavy (non-hydrogen) atoms. The molecule has 0 aliphatic carbocycles. The van der Waals surface area contributed by atoms with Gasteiger partial charge in [0, 0.05) is 31.7 Å². The Labute approximate surface area is 177 Å². The van der Waals surface area contributed by atoms with Crippen LogP contribution in [0.25, 0.3) is 5.57 Å². The number of likely N-dealkylation sites (N-methyl/N-ethyl adjacent to an activating group) is 1. The Hall–Kier alpha value is -3.12. The maximum atomic E-state index is 13.7. The Morgan fingerprint density at radius 3 is 2.23 bits per heavy atom. The van der Waals surface area contributed by atoms with Crippen LogP contribution in [0.15, 0.2) is 54.2 Å². The van der Waals surface area contributed by atoms with Crippen LogP contribution in [0.2, 0.25) is 0 Å². The van der Waals surface area contributed by atoms with Gasteiger partial charge >= 0.3 is 0 Å². The Kier molecular flexibility index (Phi) is 5.59. The van der Waals surface area contributed by atoms with Crippen molar-refractivity contribution in [3.05, 3.63) is 65.4 Å². The number of aryl methyl sites for hydroxylation is 1. The topological polar surface area (TPSA) is 53.1 Å². The first-order valence-electron chi connectivity index (χ1n) is 10.4. The number of hydrogen-bond donors (Lipinski definition) is 0. The van der Waals surface area contributed by atoms with Gasteiger partial charge in [-0.05, 0) is 31.2 Å². The summed E-state index contributed by atoms with van der Waals surface area (Å²) in [6.07, 6.45) is 0. The van der Waals surface area contributed by atoms with E-state index in [0.717, 1.165) is 25.2 Å². The second kappa shape index (κ2) is 8.32. The van der Waals surface area contributed by atoms with Crippen LogP contribution in [0.4, 0.5) is 5.69 Å². The molecule has 0 atom stereocenters. The van der Waals surface area contributed by atoms with Crippen LogP contribution in [0.5, 0.6) is 5.75 Å². The molecule has 0 bridgehead atoms. The van der Waals surface area contributed by atoms with E-state index < -0.39 is 0 Å². The minimum atomic E-state index is -0.299. The predicted molar refractivity (Wildman–Crippen MR) is 117 cm³/mol. The van der Waals surface area contributed by atoms with Gasteiger partial charge in [-0.1, -0.05) is 43.3 Å². The molecule has 0 N–H and O–H groups in total. The van der Waals surface area contributed by atoms with Crippen molar-refractivity contribution in [3.8, 4) is 5.75 Å². The molecule has 1 saturated heterocycles. The van der Waals surface area contributed by atoms with Gasteiger partial charge in [0.2, 0.25) is 0 Å². The van der Waals surface area contributed by atoms with Gasteiger partial charge in [-0.25, -0.2) is 4.90 Å². The Bertz CT molecular complexity index is 1010. The van der Waals surface area contributed by atoms with Crippen LogP contribution in [-0.2, 0) is 9.59 Å². The molecule has 2 amide bonds. The Morgan fingerprint density at radius 2 is 1.57 bits per heavy atom. The molecule has 2 aromatic carbocycles. The third kappa shape index (κ3) is 3.37. The average molecular weight is 405 g/mol. The lowest BCUT2D eigenvalue weighted by atomic mass is 10.0. The fourth-order valence-electron chi connectivity index (χ4n) is 4.23. The lowest BCUT2D eigenvalue weighted by Crippen LogP contribution is -2.47. The van der Waals surface area contributed by atoms with Crippen molar-refractivity contribution in [2.45, 2.75) is 13.8 Å². The first kappa shape index (κ1) is 20.2. The van der Waals surface area contributed by atoms with Gasteiger partial charge in [-0.15, -0.1) is 0 Å². The summed E-state index contributed by atoms with van der Waals surface area (Å²) in [6, 6.07) is 14.9. The maximum Gasteiger partial charge on any atom is 0.282 e. The largest absolute Gasteiger partial charge is 0.496 e. The van der Waals surface area contributed by atoms with Crippen molar-refractivity contribution in [2.24, 2.45) is 0 Å². The number of para-hydroxylation sites is 2. The van der Waals surface area contributed by atoms with Crippen molar-refractivity contribution in [1.29, 1.82) is 0 Å². The number of rotatable bonds is 5. The monoisotopic (exact) mass is 405 g/mol. The van der Waals surface area contributed by atoms with Crippen LogP contribution >= 0.6 is 0 Å². The quantitative estimate of drug-likeness (QED) is 0.716. The predicted octanol–water partition coefficient (Wildman–Crippen LogP) is 2.93. The number of nitrogens with zero attached hydrogens (tertiary/aromatic N) is 3. The molecule has 4 rings (SSSR count). The average Bonchev–Trinajstić information content (AvgIpc) is 3.04. The zero-order valence-electron chi connectivity index (χ0n) is 17.7. The fourth-order valence-corrected chi connectivity index (χ4v) is 4.23. The highest BCUT2D eigenvalue weighted by Gasteiger charge is 2.44. The van der Waals surface area contributed by atoms with Crippen molar-refractivity contribution in [3.63, 3.8) is 0 Å². The molecule has 0 aromatic heterocycles. The molecule has 6 heteroatoms. The molecule has 156 valence electrons. The summed E-state index contributed by atoms with van der Waals surface area (Å²) in [6.45, 7) is 8.19. The van der Waals surface area contributed by atoms with Gasteiger partial charge in [0.25, 0.3) is 11.8 Å². The summed E-state index contributed by atoms with van der Waals surface area (Å²) >= 11 is 0. The van der Waals surface area contributed by atoms with Gasteiger partial charge in [-0.3, -0.25) is 9.59 Å². The normalized spacial score (nSPS) is 17.8. The second-order valence-electron chi connectivity index (χ2n) is 7.58. The third-order valence-electron chi connectivity index (χ3n) is 5.93. The number of benzene rings is 2. The summed E-state index contributed by atoms with van der Waals surface area (Å²) in [5.41, 5.74) is 3.06. The van der Waals surface area contributed by atoms with Gasteiger partial charge < -0.3 is 14.5 Å². The number of piperazine rings is 1. The van der Waals surface area contributed by atoms with Crippen molar-refractivity contribution < 1.29 is 14.3 Å². The van der Waals surface area contributed by atoms with Crippen molar-refractivity contribution in [2.75, 3.05) is 44.7 Å². The van der Waals surface area contributed by atoms with Gasteiger partial charge in [-0.2, -0.15) is 0 Å². The summed E-state index contributed by atoms with van der Waals surface area (Å²) < 4.78 is 5.53. The van der Waals surface area contributed by atoms with Gasteiger partial charge in [0.1, 0.15) is 11.4 Å². The van der Waals surface area contributed by atoms with E-state index in [1.165, 1.54) is 4.90 Å². The van der Waals surface area contributed by atoms with Crippen LogP contribution in [0.1, 0.15) is 18.1 Å². The first-order chi connectivity index (χ1) is 14.6. The van der Waals surface area contributed by atoms with Crippen molar-refractivity contribution >= 4 is 23.1 Å². The Morgan fingerprint density at radius 1 is 0.900 bits per heavy atom. The van der Waals surface area contributed by atoms with Crippen LogP contribution < -0.4 is 9.64 Å². The molecule has 0 radical (unpaired) electrons. The van der Waals surface area contributed by atoms with E-state index in [1.54, 1.807) is 7.11 Å². The number of anilines is 1. The molecule has 2 aliphatic heterocycles. The van der Waals surface area contributed by atoms with Crippen LogP contribution in [-0.4, -0.2) is 61.4 Å². The van der Waals surface area contributed by atoms with E-state index in [1.807, 2.05) is 55.5 Å². The Balaban J connectivity index is 1.84. The van der Waals surface area contributed by atoms with Gasteiger partial charge in [0.15, 0.2) is 0 Å². The molecule has 2 aromatic rings. The van der Waals surface area contributed by atoms with E-state index in [4.69, 9.17) is 4.74 Å². The van der Waals surface area contributed by atoms with E-state index in [0.29, 0.717) is 41.4 Å². The molecule has 0 saturated carbocycles. The minimum Gasteiger partial charge on any atom is -0.496 e. The molecule has 6 nitrogen and oxygen atoms in total. The highest BCUT2D eigenvalue weighted by atomic mass is 16.5. The SMILES string of the molecule is CCN1CCN(C2=C(c3ccccc3OC)C(=O)N(c3ccccc3C)C2=O)CC1. The minimum absolute atomic E-state index is 0.264. The number of carbonyl (C=O) groups excluding carboxylic acids is 2. The van der Waals surface area contributed by atoms with E-state index in [9.17, 15) is 9.59 Å². The highest BCUT2D eigenvalue weighted by molar-refractivity contribution is 6.45. The fraction of sp³-hybridized carbons (Fsp3) is 0.333.